The van der Waals surface area contributed by atoms with Crippen LogP contribution in [0, 0.1) is 5.92 Å². The van der Waals surface area contributed by atoms with Gasteiger partial charge in [-0.25, -0.2) is 0 Å². The van der Waals surface area contributed by atoms with Gasteiger partial charge in [-0.3, -0.25) is 4.79 Å². The second-order valence-electron chi connectivity index (χ2n) is 5.15. The molecule has 0 radical (unpaired) electrons. The first-order chi connectivity index (χ1) is 8.02. The molecule has 0 saturated carbocycles. The molecule has 0 atom stereocenters. The van der Waals surface area contributed by atoms with Crippen molar-refractivity contribution >= 4 is 16.7 Å². The minimum Gasteiger partial charge on any atom is -0.360 e. The molecule has 0 bridgehead atoms. The molecule has 0 unspecified atom stereocenters. The van der Waals surface area contributed by atoms with E-state index in [4.69, 9.17) is 0 Å². The smallest absolute Gasteiger partial charge is 0.167 e. The van der Waals surface area contributed by atoms with Gasteiger partial charge >= 0.3 is 0 Å². The van der Waals surface area contributed by atoms with E-state index in [0.717, 1.165) is 16.5 Å². The fraction of sp³-hybridized carbons (Fsp3) is 0.400. The van der Waals surface area contributed by atoms with Gasteiger partial charge < -0.3 is 4.98 Å². The zero-order valence-electron chi connectivity index (χ0n) is 10.9. The second-order valence-corrected chi connectivity index (χ2v) is 5.15. The van der Waals surface area contributed by atoms with Crippen molar-refractivity contribution in [2.45, 2.75) is 33.6 Å². The maximum Gasteiger partial charge on any atom is 0.167 e. The number of hydrogen-bond acceptors (Lipinski definition) is 1. The molecule has 2 nitrogen and oxygen atoms in total. The molecule has 0 aliphatic heterocycles. The zero-order chi connectivity index (χ0) is 12.6. The lowest BCUT2D eigenvalue weighted by atomic mass is 9.96. The Morgan fingerprint density at radius 3 is 2.47 bits per heavy atom. The number of benzene rings is 1. The Balaban J connectivity index is 2.63. The monoisotopic (exact) mass is 229 g/mol. The van der Waals surface area contributed by atoms with Crippen molar-refractivity contribution in [1.29, 1.82) is 0 Å². The van der Waals surface area contributed by atoms with E-state index in [1.165, 1.54) is 5.56 Å². The molecule has 2 heteroatoms. The van der Waals surface area contributed by atoms with Crippen LogP contribution in [0.3, 0.4) is 0 Å². The Labute approximate surface area is 102 Å². The van der Waals surface area contributed by atoms with E-state index in [2.05, 4.69) is 24.9 Å². The molecule has 0 fully saturated rings. The highest BCUT2D eigenvalue weighted by molar-refractivity contribution is 6.09. The summed E-state index contributed by atoms with van der Waals surface area (Å²) < 4.78 is 0. The first kappa shape index (κ1) is 11.9. The van der Waals surface area contributed by atoms with Gasteiger partial charge in [0.15, 0.2) is 5.78 Å². The van der Waals surface area contributed by atoms with Gasteiger partial charge in [-0.05, 0) is 11.5 Å². The SMILES string of the molecule is CC(C)C(=O)c1c[nH]c2c(C(C)C)cccc12. The van der Waals surface area contributed by atoms with E-state index < -0.39 is 0 Å². The van der Waals surface area contributed by atoms with Gasteiger partial charge in [-0.1, -0.05) is 45.9 Å². The van der Waals surface area contributed by atoms with E-state index in [0.29, 0.717) is 5.92 Å². The first-order valence-electron chi connectivity index (χ1n) is 6.16. The Morgan fingerprint density at radius 2 is 1.88 bits per heavy atom. The van der Waals surface area contributed by atoms with E-state index in [-0.39, 0.29) is 11.7 Å². The Hall–Kier alpha value is -1.57. The van der Waals surface area contributed by atoms with Crippen molar-refractivity contribution in [1.82, 2.24) is 4.98 Å². The van der Waals surface area contributed by atoms with Crippen molar-refractivity contribution in [3.05, 3.63) is 35.5 Å². The van der Waals surface area contributed by atoms with Gasteiger partial charge in [-0.2, -0.15) is 0 Å². The predicted molar refractivity (Wildman–Crippen MR) is 71.6 cm³/mol. The van der Waals surface area contributed by atoms with Crippen molar-refractivity contribution in [3.8, 4) is 0 Å². The molecule has 17 heavy (non-hydrogen) atoms. The molecule has 1 N–H and O–H groups in total. The number of aromatic nitrogens is 1. The summed E-state index contributed by atoms with van der Waals surface area (Å²) in [7, 11) is 0. The van der Waals surface area contributed by atoms with Crippen molar-refractivity contribution in [3.63, 3.8) is 0 Å². The van der Waals surface area contributed by atoms with Crippen LogP contribution in [-0.4, -0.2) is 10.8 Å². The largest absolute Gasteiger partial charge is 0.360 e. The highest BCUT2D eigenvalue weighted by Gasteiger charge is 2.16. The Bertz CT molecular complexity index is 549. The number of ketones is 1. The predicted octanol–water partition coefficient (Wildman–Crippen LogP) is 4.13. The third kappa shape index (κ3) is 1.99. The number of Topliss-reactive ketones (excluding diaryl/α,β-unsaturated/α-hetero) is 1. The highest BCUT2D eigenvalue weighted by Crippen LogP contribution is 2.27. The quantitative estimate of drug-likeness (QED) is 0.789. The number of fused-ring (bicyclic) bond motifs is 1. The fourth-order valence-electron chi connectivity index (χ4n) is 2.17. The van der Waals surface area contributed by atoms with Crippen LogP contribution < -0.4 is 0 Å². The molecule has 0 aliphatic carbocycles. The summed E-state index contributed by atoms with van der Waals surface area (Å²) in [6.45, 7) is 8.21. The molecule has 0 spiro atoms. The van der Waals surface area contributed by atoms with Crippen molar-refractivity contribution in [2.24, 2.45) is 5.92 Å². The topological polar surface area (TPSA) is 32.9 Å². The lowest BCUT2D eigenvalue weighted by molar-refractivity contribution is 0.0941. The van der Waals surface area contributed by atoms with E-state index in [1.807, 2.05) is 32.2 Å². The van der Waals surface area contributed by atoms with Crippen LogP contribution in [0.2, 0.25) is 0 Å². The van der Waals surface area contributed by atoms with Crippen LogP contribution in [-0.2, 0) is 0 Å². The standard InChI is InChI=1S/C15H19NO/c1-9(2)11-6-5-7-12-13(8-16-14(11)12)15(17)10(3)4/h5-10,16H,1-4H3. The van der Waals surface area contributed by atoms with E-state index in [1.54, 1.807) is 0 Å². The number of carbonyl (C=O) groups is 1. The van der Waals surface area contributed by atoms with Crippen LogP contribution in [0.25, 0.3) is 10.9 Å². The Kier molecular flexibility index (Phi) is 3.05. The third-order valence-corrected chi connectivity index (χ3v) is 3.16. The molecule has 0 amide bonds. The summed E-state index contributed by atoms with van der Waals surface area (Å²) in [6.07, 6.45) is 1.85. The summed E-state index contributed by atoms with van der Waals surface area (Å²) in [5, 5.41) is 1.05. The number of H-pyrrole nitrogens is 1. The van der Waals surface area contributed by atoms with Crippen LogP contribution in [0.15, 0.2) is 24.4 Å². The Morgan fingerprint density at radius 1 is 1.18 bits per heavy atom. The lowest BCUT2D eigenvalue weighted by Crippen LogP contribution is -2.06. The number of carbonyl (C=O) groups excluding carboxylic acids is 1. The summed E-state index contributed by atoms with van der Waals surface area (Å²) in [6, 6.07) is 6.17. The maximum absolute atomic E-state index is 12.1. The maximum atomic E-state index is 12.1. The third-order valence-electron chi connectivity index (χ3n) is 3.16. The summed E-state index contributed by atoms with van der Waals surface area (Å²) >= 11 is 0. The van der Waals surface area contributed by atoms with Gasteiger partial charge in [0.2, 0.25) is 0 Å². The second kappa shape index (κ2) is 4.36. The van der Waals surface area contributed by atoms with Gasteiger partial charge in [0, 0.05) is 28.6 Å². The lowest BCUT2D eigenvalue weighted by Gasteiger charge is -2.07. The summed E-state index contributed by atoms with van der Waals surface area (Å²) in [5.41, 5.74) is 3.19. The number of para-hydroxylation sites is 1. The molecule has 1 aromatic heterocycles. The average Bonchev–Trinajstić information content (AvgIpc) is 2.70. The molecular weight excluding hydrogens is 210 g/mol. The molecule has 1 aromatic carbocycles. The van der Waals surface area contributed by atoms with Crippen LogP contribution in [0.5, 0.6) is 0 Å². The number of aromatic amines is 1. The fourth-order valence-corrected chi connectivity index (χ4v) is 2.17. The van der Waals surface area contributed by atoms with Gasteiger partial charge in [0.25, 0.3) is 0 Å². The van der Waals surface area contributed by atoms with Crippen LogP contribution in [0.1, 0.15) is 49.5 Å². The van der Waals surface area contributed by atoms with Gasteiger partial charge in [0.05, 0.1) is 0 Å². The molecule has 1 heterocycles. The average molecular weight is 229 g/mol. The molecule has 0 aliphatic rings. The summed E-state index contributed by atoms with van der Waals surface area (Å²) in [4.78, 5) is 15.3. The summed E-state index contributed by atoms with van der Waals surface area (Å²) in [5.74, 6) is 0.702. The van der Waals surface area contributed by atoms with E-state index in [9.17, 15) is 4.79 Å². The van der Waals surface area contributed by atoms with Crippen LogP contribution in [0.4, 0.5) is 0 Å². The first-order valence-corrected chi connectivity index (χ1v) is 6.16. The minimum absolute atomic E-state index is 0.0386. The normalized spacial score (nSPS) is 11.6. The van der Waals surface area contributed by atoms with Gasteiger partial charge in [-0.15, -0.1) is 0 Å². The molecule has 0 saturated heterocycles. The number of nitrogens with one attached hydrogen (secondary N) is 1. The van der Waals surface area contributed by atoms with Crippen molar-refractivity contribution < 1.29 is 4.79 Å². The molecule has 2 aromatic rings. The minimum atomic E-state index is 0.0386. The molecule has 90 valence electrons. The van der Waals surface area contributed by atoms with E-state index >= 15 is 0 Å². The zero-order valence-corrected chi connectivity index (χ0v) is 10.9. The highest BCUT2D eigenvalue weighted by atomic mass is 16.1. The van der Waals surface area contributed by atoms with Crippen molar-refractivity contribution in [2.75, 3.05) is 0 Å². The van der Waals surface area contributed by atoms with Crippen LogP contribution >= 0.6 is 0 Å². The molecular formula is C15H19NO. The number of rotatable bonds is 3. The van der Waals surface area contributed by atoms with Gasteiger partial charge in [0.1, 0.15) is 0 Å². The molecule has 2 rings (SSSR count). The number of hydrogen-bond donors (Lipinski definition) is 1.